The summed E-state index contributed by atoms with van der Waals surface area (Å²) in [5.74, 6) is 0.724. The Morgan fingerprint density at radius 3 is 2.28 bits per heavy atom. The highest BCUT2D eigenvalue weighted by Gasteiger charge is 2.23. The van der Waals surface area contributed by atoms with Crippen molar-refractivity contribution in [3.05, 3.63) is 29.8 Å². The highest BCUT2D eigenvalue weighted by Crippen LogP contribution is 2.29. The zero-order valence-electron chi connectivity index (χ0n) is 11.5. The maximum atomic E-state index is 3.51. The fourth-order valence-corrected chi connectivity index (χ4v) is 3.22. The number of alkyl halides is 1. The van der Waals surface area contributed by atoms with Crippen molar-refractivity contribution >= 4 is 21.6 Å². The lowest BCUT2D eigenvalue weighted by Crippen LogP contribution is -2.36. The molecule has 0 amide bonds. The molecule has 100 valence electrons. The van der Waals surface area contributed by atoms with Gasteiger partial charge in [0.15, 0.2) is 0 Å². The average Bonchev–Trinajstić information content (AvgIpc) is 2.89. The molecule has 2 heteroatoms. The summed E-state index contributed by atoms with van der Waals surface area (Å²) in [5.41, 5.74) is 2.76. The first-order chi connectivity index (χ1) is 8.70. The van der Waals surface area contributed by atoms with Crippen LogP contribution in [0.5, 0.6) is 0 Å². The molecular weight excluding hydrogens is 286 g/mol. The summed E-state index contributed by atoms with van der Waals surface area (Å²) in [6.45, 7) is 5.81. The van der Waals surface area contributed by atoms with Crippen LogP contribution in [0.4, 0.5) is 5.69 Å². The molecule has 0 spiro atoms. The van der Waals surface area contributed by atoms with E-state index in [1.165, 1.54) is 43.5 Å². The van der Waals surface area contributed by atoms with Gasteiger partial charge in [-0.05, 0) is 36.5 Å². The van der Waals surface area contributed by atoms with Gasteiger partial charge in [0.05, 0.1) is 0 Å². The molecule has 0 heterocycles. The zero-order valence-corrected chi connectivity index (χ0v) is 13.1. The van der Waals surface area contributed by atoms with E-state index in [0.717, 1.165) is 17.3 Å². The van der Waals surface area contributed by atoms with E-state index in [9.17, 15) is 0 Å². The fraction of sp³-hybridized carbons (Fsp3) is 0.625. The van der Waals surface area contributed by atoms with E-state index in [1.807, 2.05) is 0 Å². The second-order valence-electron chi connectivity index (χ2n) is 5.78. The minimum absolute atomic E-state index is 0.724. The fourth-order valence-electron chi connectivity index (χ4n) is 2.85. The predicted molar refractivity (Wildman–Crippen MR) is 83.5 cm³/mol. The summed E-state index contributed by atoms with van der Waals surface area (Å²) < 4.78 is 0. The summed E-state index contributed by atoms with van der Waals surface area (Å²) in [4.78, 5) is 2.63. The van der Waals surface area contributed by atoms with Crippen LogP contribution in [0.3, 0.4) is 0 Å². The quantitative estimate of drug-likeness (QED) is 0.693. The second kappa shape index (κ2) is 6.60. The largest absolute Gasteiger partial charge is 0.368 e. The van der Waals surface area contributed by atoms with E-state index < -0.39 is 0 Å². The van der Waals surface area contributed by atoms with Crippen LogP contribution >= 0.6 is 15.9 Å². The van der Waals surface area contributed by atoms with Crippen LogP contribution in [-0.4, -0.2) is 12.6 Å². The first-order valence-corrected chi connectivity index (χ1v) is 8.24. The molecule has 0 aliphatic heterocycles. The molecule has 1 fully saturated rings. The molecule has 0 bridgehead atoms. The van der Waals surface area contributed by atoms with Crippen LogP contribution in [0.15, 0.2) is 24.3 Å². The highest BCUT2D eigenvalue weighted by molar-refractivity contribution is 9.08. The van der Waals surface area contributed by atoms with Crippen molar-refractivity contribution < 1.29 is 0 Å². The van der Waals surface area contributed by atoms with Crippen LogP contribution in [-0.2, 0) is 5.33 Å². The maximum absolute atomic E-state index is 3.51. The smallest absolute Gasteiger partial charge is 0.0368 e. The van der Waals surface area contributed by atoms with Gasteiger partial charge in [0.1, 0.15) is 0 Å². The number of benzene rings is 1. The summed E-state index contributed by atoms with van der Waals surface area (Å²) >= 11 is 3.51. The minimum Gasteiger partial charge on any atom is -0.368 e. The lowest BCUT2D eigenvalue weighted by molar-refractivity contribution is 0.536. The van der Waals surface area contributed by atoms with Gasteiger partial charge in [-0.2, -0.15) is 0 Å². The van der Waals surface area contributed by atoms with E-state index in [0.29, 0.717) is 0 Å². The molecule has 0 saturated heterocycles. The maximum Gasteiger partial charge on any atom is 0.0368 e. The van der Waals surface area contributed by atoms with Gasteiger partial charge < -0.3 is 4.90 Å². The summed E-state index contributed by atoms with van der Waals surface area (Å²) in [6.07, 6.45) is 5.54. The molecule has 1 aliphatic carbocycles. The molecule has 1 nitrogen and oxygen atoms in total. The van der Waals surface area contributed by atoms with Crippen LogP contribution in [0.2, 0.25) is 0 Å². The zero-order chi connectivity index (χ0) is 13.0. The minimum atomic E-state index is 0.724. The first kappa shape index (κ1) is 13.9. The van der Waals surface area contributed by atoms with Crippen LogP contribution < -0.4 is 4.90 Å². The van der Waals surface area contributed by atoms with Gasteiger partial charge in [-0.3, -0.25) is 0 Å². The topological polar surface area (TPSA) is 3.24 Å². The normalized spacial score (nSPS) is 16.4. The first-order valence-electron chi connectivity index (χ1n) is 7.12. The van der Waals surface area contributed by atoms with Crippen molar-refractivity contribution in [1.29, 1.82) is 0 Å². The van der Waals surface area contributed by atoms with Gasteiger partial charge >= 0.3 is 0 Å². The Hall–Kier alpha value is -0.500. The standard InChI is InChI=1S/C16H24BrN/c1-13(2)12-18(15-5-3-4-6-15)16-9-7-14(11-17)8-10-16/h7-10,13,15H,3-6,11-12H2,1-2H3. The monoisotopic (exact) mass is 309 g/mol. The van der Waals surface area contributed by atoms with Crippen molar-refractivity contribution in [2.24, 2.45) is 5.92 Å². The molecule has 0 radical (unpaired) electrons. The number of rotatable bonds is 5. The number of anilines is 1. The highest BCUT2D eigenvalue weighted by atomic mass is 79.9. The van der Waals surface area contributed by atoms with Crippen molar-refractivity contribution in [1.82, 2.24) is 0 Å². The second-order valence-corrected chi connectivity index (χ2v) is 6.35. The third-order valence-electron chi connectivity index (χ3n) is 3.75. The van der Waals surface area contributed by atoms with Crippen LogP contribution in [0.1, 0.15) is 45.1 Å². The van der Waals surface area contributed by atoms with E-state index in [1.54, 1.807) is 0 Å². The summed E-state index contributed by atoms with van der Waals surface area (Å²) in [7, 11) is 0. The number of hydrogen-bond donors (Lipinski definition) is 0. The molecule has 18 heavy (non-hydrogen) atoms. The van der Waals surface area contributed by atoms with Crippen molar-refractivity contribution in [3.63, 3.8) is 0 Å². The molecule has 1 aromatic carbocycles. The van der Waals surface area contributed by atoms with Crippen LogP contribution in [0, 0.1) is 5.92 Å². The molecule has 1 aliphatic rings. The molecule has 0 aromatic heterocycles. The Labute approximate surface area is 120 Å². The van der Waals surface area contributed by atoms with Gasteiger partial charge in [-0.25, -0.2) is 0 Å². The van der Waals surface area contributed by atoms with E-state index in [-0.39, 0.29) is 0 Å². The van der Waals surface area contributed by atoms with Gasteiger partial charge in [-0.15, -0.1) is 0 Å². The van der Waals surface area contributed by atoms with Gasteiger partial charge in [0, 0.05) is 23.6 Å². The van der Waals surface area contributed by atoms with Gasteiger partial charge in [0.2, 0.25) is 0 Å². The molecule has 2 rings (SSSR count). The Morgan fingerprint density at radius 1 is 1.17 bits per heavy atom. The predicted octanol–water partition coefficient (Wildman–Crippen LogP) is 4.99. The third kappa shape index (κ3) is 3.50. The number of halogens is 1. The van der Waals surface area contributed by atoms with Gasteiger partial charge in [-0.1, -0.05) is 54.8 Å². The van der Waals surface area contributed by atoms with E-state index >= 15 is 0 Å². The molecule has 0 N–H and O–H groups in total. The number of nitrogens with zero attached hydrogens (tertiary/aromatic N) is 1. The Bertz CT molecular complexity index is 352. The SMILES string of the molecule is CC(C)CN(c1ccc(CBr)cc1)C1CCCC1. The number of hydrogen-bond acceptors (Lipinski definition) is 1. The molecule has 1 aromatic rings. The van der Waals surface area contributed by atoms with E-state index in [2.05, 4.69) is 58.9 Å². The molecular formula is C16H24BrN. The Balaban J connectivity index is 2.15. The van der Waals surface area contributed by atoms with Crippen molar-refractivity contribution in [2.45, 2.75) is 50.9 Å². The summed E-state index contributed by atoms with van der Waals surface area (Å²) in [6, 6.07) is 9.83. The molecule has 0 atom stereocenters. The van der Waals surface area contributed by atoms with E-state index in [4.69, 9.17) is 0 Å². The molecule has 0 unspecified atom stereocenters. The van der Waals surface area contributed by atoms with Crippen molar-refractivity contribution in [3.8, 4) is 0 Å². The van der Waals surface area contributed by atoms with Crippen LogP contribution in [0.25, 0.3) is 0 Å². The summed E-state index contributed by atoms with van der Waals surface area (Å²) in [5, 5.41) is 0.945. The Morgan fingerprint density at radius 2 is 1.78 bits per heavy atom. The lowest BCUT2D eigenvalue weighted by Gasteiger charge is -2.33. The Kier molecular flexibility index (Phi) is 5.11. The lowest BCUT2D eigenvalue weighted by atomic mass is 10.1. The molecule has 1 saturated carbocycles. The average molecular weight is 310 g/mol. The third-order valence-corrected chi connectivity index (χ3v) is 4.40. The van der Waals surface area contributed by atoms with Crippen molar-refractivity contribution in [2.75, 3.05) is 11.4 Å². The van der Waals surface area contributed by atoms with Gasteiger partial charge in [0.25, 0.3) is 0 Å².